The molecule has 0 spiro atoms. The van der Waals surface area contributed by atoms with Gasteiger partial charge in [-0.05, 0) is 42.4 Å². The smallest absolute Gasteiger partial charge is 0.146 e. The molecule has 19 heavy (non-hydrogen) atoms. The zero-order chi connectivity index (χ0) is 13.8. The van der Waals surface area contributed by atoms with Crippen LogP contribution in [0.5, 0.6) is 0 Å². The van der Waals surface area contributed by atoms with Gasteiger partial charge in [0, 0.05) is 16.2 Å². The maximum absolute atomic E-state index is 13.9. The predicted octanol–water partition coefficient (Wildman–Crippen LogP) is 4.23. The third kappa shape index (κ3) is 3.24. The van der Waals surface area contributed by atoms with Gasteiger partial charge in [0.15, 0.2) is 0 Å². The number of nitrogens with zero attached hydrogens (tertiary/aromatic N) is 1. The van der Waals surface area contributed by atoms with Gasteiger partial charge in [0.1, 0.15) is 5.82 Å². The van der Waals surface area contributed by atoms with E-state index in [0.29, 0.717) is 27.8 Å². The average Bonchev–Trinajstić information content (AvgIpc) is 2.40. The molecule has 1 atom stereocenters. The van der Waals surface area contributed by atoms with Crippen molar-refractivity contribution in [1.29, 1.82) is 0 Å². The fourth-order valence-electron chi connectivity index (χ4n) is 1.90. The molecule has 2 rings (SSSR count). The molecule has 100 valence electrons. The monoisotopic (exact) mass is 298 g/mol. The molecule has 0 aliphatic heterocycles. The summed E-state index contributed by atoms with van der Waals surface area (Å²) in [4.78, 5) is 4.11. The second-order valence-corrected chi connectivity index (χ2v) is 4.87. The molecule has 2 nitrogen and oxygen atoms in total. The van der Waals surface area contributed by atoms with Crippen LogP contribution in [0, 0.1) is 5.82 Å². The van der Waals surface area contributed by atoms with Crippen molar-refractivity contribution in [3.8, 4) is 0 Å². The first-order chi connectivity index (χ1) is 9.13. The van der Waals surface area contributed by atoms with E-state index in [4.69, 9.17) is 23.2 Å². The lowest BCUT2D eigenvalue weighted by Crippen LogP contribution is -2.24. The topological polar surface area (TPSA) is 24.9 Å². The zero-order valence-electron chi connectivity index (χ0n) is 10.3. The van der Waals surface area contributed by atoms with E-state index >= 15 is 0 Å². The largest absolute Gasteiger partial charge is 0.305 e. The highest BCUT2D eigenvalue weighted by Gasteiger charge is 2.20. The minimum atomic E-state index is -0.419. The fraction of sp³-hybridized carbons (Fsp3) is 0.214. The van der Waals surface area contributed by atoms with E-state index in [-0.39, 0.29) is 5.82 Å². The van der Waals surface area contributed by atoms with E-state index in [0.717, 1.165) is 0 Å². The molecule has 0 radical (unpaired) electrons. The van der Waals surface area contributed by atoms with Gasteiger partial charge in [-0.15, -0.1) is 0 Å². The number of rotatable bonds is 4. The van der Waals surface area contributed by atoms with E-state index in [2.05, 4.69) is 10.3 Å². The first kappa shape index (κ1) is 14.3. The highest BCUT2D eigenvalue weighted by molar-refractivity contribution is 6.33. The summed E-state index contributed by atoms with van der Waals surface area (Å²) >= 11 is 12.2. The second-order valence-electron chi connectivity index (χ2n) is 4.03. The number of nitrogens with one attached hydrogen (secondary N) is 1. The summed E-state index contributed by atoms with van der Waals surface area (Å²) in [6.45, 7) is 2.59. The number of aromatic nitrogens is 1. The fourth-order valence-corrected chi connectivity index (χ4v) is 2.31. The molecule has 1 N–H and O–H groups in total. The molecule has 1 aromatic carbocycles. The number of hydrogen-bond acceptors (Lipinski definition) is 2. The SMILES string of the molecule is CCNC(c1cc(Cl)ccc1Cl)c1ncccc1F. The van der Waals surface area contributed by atoms with Crippen molar-refractivity contribution in [2.75, 3.05) is 6.54 Å². The number of pyridine rings is 1. The van der Waals surface area contributed by atoms with Crippen molar-refractivity contribution >= 4 is 23.2 Å². The van der Waals surface area contributed by atoms with Crippen LogP contribution in [-0.2, 0) is 0 Å². The van der Waals surface area contributed by atoms with Crippen LogP contribution in [0.4, 0.5) is 4.39 Å². The van der Waals surface area contributed by atoms with Crippen LogP contribution in [0.25, 0.3) is 0 Å². The van der Waals surface area contributed by atoms with Crippen molar-refractivity contribution in [3.05, 3.63) is 63.6 Å². The van der Waals surface area contributed by atoms with Gasteiger partial charge >= 0.3 is 0 Å². The standard InChI is InChI=1S/C14H13Cl2FN2/c1-2-18-13(14-12(17)4-3-7-19-14)10-8-9(15)5-6-11(10)16/h3-8,13,18H,2H2,1H3. The van der Waals surface area contributed by atoms with Crippen LogP contribution in [-0.4, -0.2) is 11.5 Å². The van der Waals surface area contributed by atoms with Crippen LogP contribution < -0.4 is 5.32 Å². The molecular formula is C14H13Cl2FN2. The highest BCUT2D eigenvalue weighted by Crippen LogP contribution is 2.30. The van der Waals surface area contributed by atoms with Gasteiger partial charge in [-0.1, -0.05) is 30.1 Å². The Labute approximate surface area is 121 Å². The van der Waals surface area contributed by atoms with Crippen molar-refractivity contribution in [2.45, 2.75) is 13.0 Å². The first-order valence-corrected chi connectivity index (χ1v) is 6.67. The molecular weight excluding hydrogens is 286 g/mol. The summed E-state index contributed by atoms with van der Waals surface area (Å²) in [6, 6.07) is 7.64. The van der Waals surface area contributed by atoms with E-state index in [1.165, 1.54) is 6.07 Å². The third-order valence-electron chi connectivity index (χ3n) is 2.74. The maximum Gasteiger partial charge on any atom is 0.146 e. The molecule has 0 fully saturated rings. The Morgan fingerprint density at radius 1 is 1.32 bits per heavy atom. The van der Waals surface area contributed by atoms with E-state index in [1.807, 2.05) is 6.92 Å². The van der Waals surface area contributed by atoms with Crippen molar-refractivity contribution in [1.82, 2.24) is 10.3 Å². The van der Waals surface area contributed by atoms with Gasteiger partial charge in [0.25, 0.3) is 0 Å². The molecule has 1 aromatic heterocycles. The van der Waals surface area contributed by atoms with Gasteiger partial charge in [0.2, 0.25) is 0 Å². The Morgan fingerprint density at radius 2 is 2.11 bits per heavy atom. The van der Waals surface area contributed by atoms with Crippen LogP contribution in [0.2, 0.25) is 10.0 Å². The Hall–Kier alpha value is -1.16. The lowest BCUT2D eigenvalue weighted by Gasteiger charge is -2.19. The Morgan fingerprint density at radius 3 is 2.79 bits per heavy atom. The predicted molar refractivity (Wildman–Crippen MR) is 76.2 cm³/mol. The summed E-state index contributed by atoms with van der Waals surface area (Å²) in [7, 11) is 0. The van der Waals surface area contributed by atoms with Crippen LogP contribution in [0.1, 0.15) is 24.2 Å². The summed E-state index contributed by atoms with van der Waals surface area (Å²) in [5.41, 5.74) is 1.03. The molecule has 5 heteroatoms. The summed E-state index contributed by atoms with van der Waals surface area (Å²) in [5, 5.41) is 4.26. The number of benzene rings is 1. The van der Waals surface area contributed by atoms with Crippen LogP contribution in [0.15, 0.2) is 36.5 Å². The third-order valence-corrected chi connectivity index (χ3v) is 3.32. The van der Waals surface area contributed by atoms with E-state index in [9.17, 15) is 4.39 Å². The highest BCUT2D eigenvalue weighted by atomic mass is 35.5. The number of hydrogen-bond donors (Lipinski definition) is 1. The van der Waals surface area contributed by atoms with Crippen LogP contribution in [0.3, 0.4) is 0 Å². The summed E-state index contributed by atoms with van der Waals surface area (Å²) in [5.74, 6) is -0.371. The lowest BCUT2D eigenvalue weighted by atomic mass is 10.0. The number of halogens is 3. The minimum Gasteiger partial charge on any atom is -0.305 e. The zero-order valence-corrected chi connectivity index (χ0v) is 11.8. The molecule has 2 aromatic rings. The normalized spacial score (nSPS) is 12.4. The average molecular weight is 299 g/mol. The van der Waals surface area contributed by atoms with Crippen molar-refractivity contribution < 1.29 is 4.39 Å². The second kappa shape index (κ2) is 6.33. The quantitative estimate of drug-likeness (QED) is 0.914. The van der Waals surface area contributed by atoms with Crippen molar-refractivity contribution in [2.24, 2.45) is 0 Å². The van der Waals surface area contributed by atoms with Gasteiger partial charge < -0.3 is 5.32 Å². The first-order valence-electron chi connectivity index (χ1n) is 5.92. The summed E-state index contributed by atoms with van der Waals surface area (Å²) < 4.78 is 13.9. The van der Waals surface area contributed by atoms with Crippen molar-refractivity contribution in [3.63, 3.8) is 0 Å². The Kier molecular flexibility index (Phi) is 4.75. The van der Waals surface area contributed by atoms with Gasteiger partial charge in [-0.2, -0.15) is 0 Å². The summed E-state index contributed by atoms with van der Waals surface area (Å²) in [6.07, 6.45) is 1.56. The van der Waals surface area contributed by atoms with E-state index < -0.39 is 6.04 Å². The van der Waals surface area contributed by atoms with Gasteiger partial charge in [0.05, 0.1) is 11.7 Å². The molecule has 0 aliphatic carbocycles. The molecule has 0 aliphatic rings. The van der Waals surface area contributed by atoms with Crippen LogP contribution >= 0.6 is 23.2 Å². The Bertz CT molecular complexity index is 575. The molecule has 0 bridgehead atoms. The molecule has 0 amide bonds. The molecule has 1 heterocycles. The van der Waals surface area contributed by atoms with Gasteiger partial charge in [-0.3, -0.25) is 4.98 Å². The maximum atomic E-state index is 13.9. The molecule has 0 saturated heterocycles. The van der Waals surface area contributed by atoms with Gasteiger partial charge in [-0.25, -0.2) is 4.39 Å². The van der Waals surface area contributed by atoms with E-state index in [1.54, 1.807) is 30.5 Å². The molecule has 1 unspecified atom stereocenters. The minimum absolute atomic E-state index is 0.313. The molecule has 0 saturated carbocycles. The Balaban J connectivity index is 2.51. The lowest BCUT2D eigenvalue weighted by molar-refractivity contribution is 0.543.